The van der Waals surface area contributed by atoms with Gasteiger partial charge in [-0.15, -0.1) is 0 Å². The maximum absolute atomic E-state index is 12.9. The first kappa shape index (κ1) is 6.80. The first-order chi connectivity index (χ1) is 5.81. The lowest BCUT2D eigenvalue weighted by Gasteiger charge is -1.92. The van der Waals surface area contributed by atoms with Gasteiger partial charge in [0.25, 0.3) is 0 Å². The van der Waals surface area contributed by atoms with E-state index in [0.29, 0.717) is 5.52 Å². The second kappa shape index (κ2) is 2.31. The summed E-state index contributed by atoms with van der Waals surface area (Å²) in [6.07, 6.45) is 1.56. The van der Waals surface area contributed by atoms with Crippen LogP contribution < -0.4 is 0 Å². The molecule has 12 heavy (non-hydrogen) atoms. The van der Waals surface area contributed by atoms with Crippen LogP contribution in [0.15, 0.2) is 18.3 Å². The predicted octanol–water partition coefficient (Wildman–Crippen LogP) is 2.25. The van der Waals surface area contributed by atoms with Gasteiger partial charge in [0.05, 0.1) is 18.3 Å². The van der Waals surface area contributed by atoms with Gasteiger partial charge in [-0.1, -0.05) is 0 Å². The van der Waals surface area contributed by atoms with Crippen LogP contribution in [0.1, 0.15) is 0 Å². The fraction of sp³-hybridized carbons (Fsp3) is 0. The Morgan fingerprint density at radius 2 is 2.33 bits per heavy atom. The molecule has 3 nitrogen and oxygen atoms in total. The summed E-state index contributed by atoms with van der Waals surface area (Å²) in [4.78, 5) is 3.03. The molecule has 0 aliphatic rings. The lowest BCUT2D eigenvalue weighted by molar-refractivity contribution is 0.635. The molecule has 0 bridgehead atoms. The van der Waals surface area contributed by atoms with Crippen molar-refractivity contribution >= 4 is 16.6 Å². The molecule has 4 heteroatoms. The van der Waals surface area contributed by atoms with Crippen LogP contribution in [0.25, 0.3) is 15.7 Å². The summed E-state index contributed by atoms with van der Waals surface area (Å²) < 4.78 is 12.9. The number of hydrogen-bond donors (Lipinski definition) is 1. The van der Waals surface area contributed by atoms with Gasteiger partial charge < -0.3 is 0 Å². The monoisotopic (exact) mass is 161 g/mol. The standard InChI is InChI=1S/C8H4FN3/c1-10-8-2-5-4-11-12-7(5)3-6(8)9/h2-4H,(H,11,12). The molecule has 0 unspecified atom stereocenters. The van der Waals surface area contributed by atoms with Crippen LogP contribution in [0.4, 0.5) is 10.1 Å². The van der Waals surface area contributed by atoms with E-state index in [0.717, 1.165) is 5.39 Å². The van der Waals surface area contributed by atoms with E-state index in [1.807, 2.05) is 0 Å². The van der Waals surface area contributed by atoms with E-state index >= 15 is 0 Å². The average molecular weight is 161 g/mol. The number of aromatic nitrogens is 2. The normalized spacial score (nSPS) is 10.0. The Bertz CT molecular complexity index is 467. The minimum atomic E-state index is -0.512. The minimum Gasteiger partial charge on any atom is -0.278 e. The van der Waals surface area contributed by atoms with Crippen LogP contribution in [0.2, 0.25) is 0 Å². The van der Waals surface area contributed by atoms with Crippen molar-refractivity contribution in [1.82, 2.24) is 10.2 Å². The van der Waals surface area contributed by atoms with Gasteiger partial charge in [0.15, 0.2) is 0 Å². The lowest BCUT2D eigenvalue weighted by atomic mass is 10.2. The minimum absolute atomic E-state index is 0.0314. The van der Waals surface area contributed by atoms with Crippen molar-refractivity contribution in [3.8, 4) is 0 Å². The molecule has 0 radical (unpaired) electrons. The van der Waals surface area contributed by atoms with Crippen LogP contribution >= 0.6 is 0 Å². The summed E-state index contributed by atoms with van der Waals surface area (Å²) in [5, 5.41) is 7.09. The Kier molecular flexibility index (Phi) is 1.31. The van der Waals surface area contributed by atoms with Crippen LogP contribution in [-0.2, 0) is 0 Å². The molecule has 1 heterocycles. The smallest absolute Gasteiger partial charge is 0.222 e. The highest BCUT2D eigenvalue weighted by Gasteiger charge is 2.04. The molecule has 1 aromatic heterocycles. The van der Waals surface area contributed by atoms with E-state index in [1.54, 1.807) is 6.20 Å². The molecular formula is C8H4FN3. The SMILES string of the molecule is [C-]#[N+]c1cc2cn[nH]c2cc1F. The molecule has 0 aliphatic carbocycles. The molecule has 0 amide bonds. The molecular weight excluding hydrogens is 157 g/mol. The second-order valence-corrected chi connectivity index (χ2v) is 2.37. The maximum atomic E-state index is 12.9. The van der Waals surface area contributed by atoms with Gasteiger partial charge in [-0.05, 0) is 12.1 Å². The lowest BCUT2D eigenvalue weighted by Crippen LogP contribution is -1.74. The molecule has 0 saturated heterocycles. The van der Waals surface area contributed by atoms with Gasteiger partial charge in [-0.2, -0.15) is 5.10 Å². The van der Waals surface area contributed by atoms with Crippen LogP contribution in [0, 0.1) is 12.4 Å². The third-order valence-corrected chi connectivity index (χ3v) is 1.63. The molecule has 58 valence electrons. The number of fused-ring (bicyclic) bond motifs is 1. The Balaban J connectivity index is 2.84. The topological polar surface area (TPSA) is 33.0 Å². The number of hydrogen-bond acceptors (Lipinski definition) is 1. The Morgan fingerprint density at radius 1 is 1.50 bits per heavy atom. The summed E-state index contributed by atoms with van der Waals surface area (Å²) in [5.74, 6) is -0.512. The molecule has 2 aromatic rings. The van der Waals surface area contributed by atoms with E-state index in [-0.39, 0.29) is 5.69 Å². The molecule has 0 aliphatic heterocycles. The number of nitrogens with one attached hydrogen (secondary N) is 1. The van der Waals surface area contributed by atoms with Gasteiger partial charge in [0, 0.05) is 5.39 Å². The molecule has 0 fully saturated rings. The number of nitrogens with zero attached hydrogens (tertiary/aromatic N) is 2. The van der Waals surface area contributed by atoms with Crippen molar-refractivity contribution in [3.63, 3.8) is 0 Å². The van der Waals surface area contributed by atoms with E-state index in [1.165, 1.54) is 12.1 Å². The molecule has 0 spiro atoms. The Morgan fingerprint density at radius 3 is 3.08 bits per heavy atom. The summed E-state index contributed by atoms with van der Waals surface area (Å²) in [7, 11) is 0. The molecule has 1 N–H and O–H groups in total. The van der Waals surface area contributed by atoms with E-state index in [9.17, 15) is 4.39 Å². The predicted molar refractivity (Wildman–Crippen MR) is 42.3 cm³/mol. The highest BCUT2D eigenvalue weighted by molar-refractivity contribution is 5.82. The zero-order valence-electron chi connectivity index (χ0n) is 6.00. The molecule has 0 saturated carbocycles. The van der Waals surface area contributed by atoms with Crippen LogP contribution in [0.3, 0.4) is 0 Å². The largest absolute Gasteiger partial charge is 0.278 e. The second-order valence-electron chi connectivity index (χ2n) is 2.37. The van der Waals surface area contributed by atoms with Crippen molar-refractivity contribution in [2.24, 2.45) is 0 Å². The van der Waals surface area contributed by atoms with E-state index in [2.05, 4.69) is 15.0 Å². The zero-order valence-corrected chi connectivity index (χ0v) is 6.00. The third-order valence-electron chi connectivity index (χ3n) is 1.63. The van der Waals surface area contributed by atoms with E-state index in [4.69, 9.17) is 6.57 Å². The Hall–Kier alpha value is -1.89. The van der Waals surface area contributed by atoms with Gasteiger partial charge >= 0.3 is 0 Å². The maximum Gasteiger partial charge on any atom is 0.222 e. The Labute approximate surface area is 67.6 Å². The van der Waals surface area contributed by atoms with Crippen molar-refractivity contribution < 1.29 is 4.39 Å². The van der Waals surface area contributed by atoms with Crippen molar-refractivity contribution in [3.05, 3.63) is 35.6 Å². The van der Waals surface area contributed by atoms with Gasteiger partial charge in [0.2, 0.25) is 5.69 Å². The number of H-pyrrole nitrogens is 1. The highest BCUT2D eigenvalue weighted by Crippen LogP contribution is 2.23. The average Bonchev–Trinajstić information content (AvgIpc) is 2.49. The highest BCUT2D eigenvalue weighted by atomic mass is 19.1. The number of halogens is 1. The first-order valence-electron chi connectivity index (χ1n) is 3.31. The number of benzene rings is 1. The third kappa shape index (κ3) is 0.839. The fourth-order valence-corrected chi connectivity index (χ4v) is 1.04. The van der Waals surface area contributed by atoms with E-state index < -0.39 is 5.82 Å². The van der Waals surface area contributed by atoms with Crippen LogP contribution in [-0.4, -0.2) is 10.2 Å². The van der Waals surface area contributed by atoms with Crippen molar-refractivity contribution in [2.75, 3.05) is 0 Å². The number of aromatic amines is 1. The fourth-order valence-electron chi connectivity index (χ4n) is 1.04. The number of rotatable bonds is 0. The molecule has 2 rings (SSSR count). The van der Waals surface area contributed by atoms with Gasteiger partial charge in [-0.25, -0.2) is 9.24 Å². The van der Waals surface area contributed by atoms with Gasteiger partial charge in [0.1, 0.15) is 5.82 Å². The van der Waals surface area contributed by atoms with Crippen molar-refractivity contribution in [2.45, 2.75) is 0 Å². The molecule has 0 atom stereocenters. The van der Waals surface area contributed by atoms with Gasteiger partial charge in [-0.3, -0.25) is 5.10 Å². The molecule has 1 aromatic carbocycles. The summed E-state index contributed by atoms with van der Waals surface area (Å²) in [5.41, 5.74) is 0.642. The summed E-state index contributed by atoms with van der Waals surface area (Å²) in [6, 6.07) is 2.75. The zero-order chi connectivity index (χ0) is 8.55. The first-order valence-corrected chi connectivity index (χ1v) is 3.31. The summed E-state index contributed by atoms with van der Waals surface area (Å²) >= 11 is 0. The van der Waals surface area contributed by atoms with Crippen LogP contribution in [0.5, 0.6) is 0 Å². The van der Waals surface area contributed by atoms with Crippen molar-refractivity contribution in [1.29, 1.82) is 0 Å². The quantitative estimate of drug-likeness (QED) is 0.590. The summed E-state index contributed by atoms with van der Waals surface area (Å²) in [6.45, 7) is 6.67.